The number of halogens is 1. The van der Waals surface area contributed by atoms with Crippen LogP contribution in [0.15, 0.2) is 18.2 Å². The van der Waals surface area contributed by atoms with E-state index in [1.54, 1.807) is 6.07 Å². The summed E-state index contributed by atoms with van der Waals surface area (Å²) >= 11 is 6.02. The van der Waals surface area contributed by atoms with Gasteiger partial charge in [-0.2, -0.15) is 0 Å². The predicted molar refractivity (Wildman–Crippen MR) is 82.0 cm³/mol. The summed E-state index contributed by atoms with van der Waals surface area (Å²) in [7, 11) is 0. The van der Waals surface area contributed by atoms with Crippen LogP contribution in [0.2, 0.25) is 5.02 Å². The number of amides is 2. The Balaban J connectivity index is 2.06. The zero-order chi connectivity index (χ0) is 16.3. The fourth-order valence-corrected chi connectivity index (χ4v) is 2.78. The Kier molecular flexibility index (Phi) is 5.03. The van der Waals surface area contributed by atoms with Gasteiger partial charge in [0.15, 0.2) is 0 Å². The molecule has 1 aliphatic rings. The van der Waals surface area contributed by atoms with Gasteiger partial charge in [0.05, 0.1) is 16.5 Å². The molecule has 6 nitrogen and oxygen atoms in total. The topological polar surface area (TPSA) is 95.5 Å². The molecule has 0 aliphatic heterocycles. The van der Waals surface area contributed by atoms with E-state index in [4.69, 9.17) is 16.7 Å². The van der Waals surface area contributed by atoms with Gasteiger partial charge in [0.2, 0.25) is 5.91 Å². The summed E-state index contributed by atoms with van der Waals surface area (Å²) in [5, 5.41) is 14.6. The summed E-state index contributed by atoms with van der Waals surface area (Å²) in [6.45, 7) is 1.37. The quantitative estimate of drug-likeness (QED) is 0.791. The number of aliphatic carboxylic acids is 1. The second kappa shape index (κ2) is 6.79. The maximum Gasteiger partial charge on any atom is 0.306 e. The van der Waals surface area contributed by atoms with Crippen molar-refractivity contribution in [3.05, 3.63) is 28.8 Å². The van der Waals surface area contributed by atoms with E-state index in [2.05, 4.69) is 10.6 Å². The normalized spacial score (nSPS) is 20.5. The molecule has 0 heterocycles. The smallest absolute Gasteiger partial charge is 0.306 e. The number of benzene rings is 1. The van der Waals surface area contributed by atoms with Crippen LogP contribution >= 0.6 is 11.6 Å². The first-order valence-corrected chi connectivity index (χ1v) is 7.35. The SMILES string of the molecule is CC(=O)Nc1ccc(Cl)c(C(=O)N[C@@H]2CC[C@H](C(=O)O)C2)c1. The van der Waals surface area contributed by atoms with Gasteiger partial charge < -0.3 is 15.7 Å². The molecule has 0 unspecified atom stereocenters. The molecular weight excluding hydrogens is 308 g/mol. The molecule has 0 spiro atoms. The first-order chi connectivity index (χ1) is 10.4. The maximum atomic E-state index is 12.3. The summed E-state index contributed by atoms with van der Waals surface area (Å²) in [5.74, 6) is -1.85. The molecule has 0 radical (unpaired) electrons. The number of hydrogen-bond acceptors (Lipinski definition) is 3. The molecule has 118 valence electrons. The molecule has 2 atom stereocenters. The maximum absolute atomic E-state index is 12.3. The van der Waals surface area contributed by atoms with Gasteiger partial charge in [-0.15, -0.1) is 0 Å². The first kappa shape index (κ1) is 16.3. The average molecular weight is 325 g/mol. The number of carboxylic acids is 1. The molecule has 7 heteroatoms. The molecule has 1 fully saturated rings. The average Bonchev–Trinajstić information content (AvgIpc) is 2.89. The van der Waals surface area contributed by atoms with Crippen molar-refractivity contribution in [3.8, 4) is 0 Å². The number of carbonyl (C=O) groups excluding carboxylic acids is 2. The molecule has 0 aromatic heterocycles. The molecule has 0 saturated heterocycles. The van der Waals surface area contributed by atoms with Crippen LogP contribution in [0.4, 0.5) is 5.69 Å². The monoisotopic (exact) mass is 324 g/mol. The van der Waals surface area contributed by atoms with Crippen molar-refractivity contribution in [2.75, 3.05) is 5.32 Å². The summed E-state index contributed by atoms with van der Waals surface area (Å²) < 4.78 is 0. The largest absolute Gasteiger partial charge is 0.481 e. The van der Waals surface area contributed by atoms with Gasteiger partial charge in [-0.25, -0.2) is 0 Å². The van der Waals surface area contributed by atoms with Gasteiger partial charge in [-0.3, -0.25) is 14.4 Å². The van der Waals surface area contributed by atoms with Crippen LogP contribution in [0, 0.1) is 5.92 Å². The van der Waals surface area contributed by atoms with Gasteiger partial charge in [0.1, 0.15) is 0 Å². The van der Waals surface area contributed by atoms with Crippen molar-refractivity contribution in [2.24, 2.45) is 5.92 Å². The number of nitrogens with one attached hydrogen (secondary N) is 2. The standard InChI is InChI=1S/C15H17ClN2O4/c1-8(19)17-11-4-5-13(16)12(7-11)14(20)18-10-3-2-9(6-10)15(21)22/h4-5,7,9-10H,2-3,6H2,1H3,(H,17,19)(H,18,20)(H,21,22)/t9-,10+/m0/s1. The third kappa shape index (κ3) is 3.98. The zero-order valence-electron chi connectivity index (χ0n) is 12.1. The number of hydrogen-bond donors (Lipinski definition) is 3. The highest BCUT2D eigenvalue weighted by molar-refractivity contribution is 6.34. The van der Waals surface area contributed by atoms with E-state index in [1.165, 1.54) is 19.1 Å². The van der Waals surface area contributed by atoms with Gasteiger partial charge in [0, 0.05) is 18.7 Å². The lowest BCUT2D eigenvalue weighted by Crippen LogP contribution is -2.33. The third-order valence-electron chi connectivity index (χ3n) is 3.65. The fraction of sp³-hybridized carbons (Fsp3) is 0.400. The van der Waals surface area contributed by atoms with Crippen molar-refractivity contribution < 1.29 is 19.5 Å². The van der Waals surface area contributed by atoms with Crippen LogP contribution in [0.25, 0.3) is 0 Å². The van der Waals surface area contributed by atoms with Crippen molar-refractivity contribution in [3.63, 3.8) is 0 Å². The molecule has 1 aromatic carbocycles. The minimum atomic E-state index is -0.831. The first-order valence-electron chi connectivity index (χ1n) is 6.97. The van der Waals surface area contributed by atoms with Crippen LogP contribution in [0.5, 0.6) is 0 Å². The number of rotatable bonds is 4. The van der Waals surface area contributed by atoms with E-state index in [9.17, 15) is 14.4 Å². The third-order valence-corrected chi connectivity index (χ3v) is 3.98. The Morgan fingerprint density at radius 3 is 2.59 bits per heavy atom. The highest BCUT2D eigenvalue weighted by Crippen LogP contribution is 2.27. The Labute approximate surface area is 132 Å². The summed E-state index contributed by atoms with van der Waals surface area (Å²) in [6, 6.07) is 4.48. The molecule has 2 amide bonds. The lowest BCUT2D eigenvalue weighted by Gasteiger charge is -2.14. The minimum Gasteiger partial charge on any atom is -0.481 e. The highest BCUT2D eigenvalue weighted by atomic mass is 35.5. The molecule has 1 aliphatic carbocycles. The minimum absolute atomic E-state index is 0.172. The highest BCUT2D eigenvalue weighted by Gasteiger charge is 2.31. The van der Waals surface area contributed by atoms with Crippen LogP contribution < -0.4 is 10.6 Å². The van der Waals surface area contributed by atoms with Crippen LogP contribution in [0.1, 0.15) is 36.5 Å². The van der Waals surface area contributed by atoms with E-state index >= 15 is 0 Å². The lowest BCUT2D eigenvalue weighted by atomic mass is 10.1. The number of carbonyl (C=O) groups is 3. The molecular formula is C15H17ClN2O4. The molecule has 1 aromatic rings. The van der Waals surface area contributed by atoms with Gasteiger partial charge >= 0.3 is 5.97 Å². The van der Waals surface area contributed by atoms with Crippen LogP contribution in [-0.2, 0) is 9.59 Å². The van der Waals surface area contributed by atoms with E-state index in [0.29, 0.717) is 24.9 Å². The number of anilines is 1. The number of carboxylic acid groups (broad SMARTS) is 1. The predicted octanol–water partition coefficient (Wildman–Crippen LogP) is 2.28. The summed E-state index contributed by atoms with van der Waals surface area (Å²) in [4.78, 5) is 34.3. The lowest BCUT2D eigenvalue weighted by molar-refractivity contribution is -0.141. The summed E-state index contributed by atoms with van der Waals surface area (Å²) in [6.07, 6.45) is 1.61. The fourth-order valence-electron chi connectivity index (χ4n) is 2.58. The molecule has 0 bridgehead atoms. The zero-order valence-corrected chi connectivity index (χ0v) is 12.8. The Morgan fingerprint density at radius 1 is 1.27 bits per heavy atom. The van der Waals surface area contributed by atoms with Crippen molar-refractivity contribution in [1.82, 2.24) is 5.32 Å². The van der Waals surface area contributed by atoms with E-state index in [0.717, 1.165) is 0 Å². The second-order valence-corrected chi connectivity index (χ2v) is 5.80. The molecule has 2 rings (SSSR count). The Bertz CT molecular complexity index is 618. The van der Waals surface area contributed by atoms with Crippen LogP contribution in [-0.4, -0.2) is 28.9 Å². The van der Waals surface area contributed by atoms with E-state index in [-0.39, 0.29) is 28.4 Å². The second-order valence-electron chi connectivity index (χ2n) is 5.39. The van der Waals surface area contributed by atoms with Crippen molar-refractivity contribution >= 4 is 35.1 Å². The van der Waals surface area contributed by atoms with Gasteiger partial charge in [-0.05, 0) is 37.5 Å². The van der Waals surface area contributed by atoms with Crippen molar-refractivity contribution in [2.45, 2.75) is 32.2 Å². The Morgan fingerprint density at radius 2 is 2.00 bits per heavy atom. The Hall–Kier alpha value is -2.08. The molecule has 22 heavy (non-hydrogen) atoms. The van der Waals surface area contributed by atoms with Crippen molar-refractivity contribution in [1.29, 1.82) is 0 Å². The van der Waals surface area contributed by atoms with E-state index in [1.807, 2.05) is 0 Å². The molecule has 3 N–H and O–H groups in total. The van der Waals surface area contributed by atoms with Gasteiger partial charge in [-0.1, -0.05) is 11.6 Å². The summed E-state index contributed by atoms with van der Waals surface area (Å²) in [5.41, 5.74) is 0.739. The van der Waals surface area contributed by atoms with E-state index < -0.39 is 11.9 Å². The van der Waals surface area contributed by atoms with Crippen LogP contribution in [0.3, 0.4) is 0 Å². The van der Waals surface area contributed by atoms with Gasteiger partial charge in [0.25, 0.3) is 5.91 Å². The molecule has 1 saturated carbocycles.